The monoisotopic (exact) mass is 543 g/mol. The van der Waals surface area contributed by atoms with Gasteiger partial charge in [0, 0.05) is 49.6 Å². The van der Waals surface area contributed by atoms with E-state index in [9.17, 15) is 9.18 Å². The lowest BCUT2D eigenvalue weighted by Gasteiger charge is -2.32. The summed E-state index contributed by atoms with van der Waals surface area (Å²) < 4.78 is 31.0. The summed E-state index contributed by atoms with van der Waals surface area (Å²) in [5.74, 6) is 1.14. The number of halogens is 2. The number of anilines is 2. The average Bonchev–Trinajstić information content (AvgIpc) is 3.45. The second-order valence-corrected chi connectivity index (χ2v) is 9.87. The van der Waals surface area contributed by atoms with Crippen molar-refractivity contribution < 1.29 is 23.4 Å². The summed E-state index contributed by atoms with van der Waals surface area (Å²) in [5, 5.41) is 3.90. The highest BCUT2D eigenvalue weighted by Gasteiger charge is 2.26. The minimum Gasteiger partial charge on any atom is -0.493 e. The molecule has 2 aliphatic heterocycles. The number of aromatic nitrogens is 2. The van der Waals surface area contributed by atoms with Gasteiger partial charge in [-0.05, 0) is 50.2 Å². The molecule has 0 saturated carbocycles. The lowest BCUT2D eigenvalue weighted by Crippen LogP contribution is -2.42. The van der Waals surface area contributed by atoms with Crippen molar-refractivity contribution >= 4 is 40.1 Å². The zero-order chi connectivity index (χ0) is 26.5. The third-order valence-corrected chi connectivity index (χ3v) is 7.22. The molecule has 11 heteroatoms. The zero-order valence-electron chi connectivity index (χ0n) is 21.3. The van der Waals surface area contributed by atoms with E-state index in [-0.39, 0.29) is 17.2 Å². The van der Waals surface area contributed by atoms with Crippen LogP contribution in [0.1, 0.15) is 25.7 Å². The first-order chi connectivity index (χ1) is 18.5. The summed E-state index contributed by atoms with van der Waals surface area (Å²) in [5.41, 5.74) is 1.25. The minimum atomic E-state index is -0.494. The largest absolute Gasteiger partial charge is 0.493 e. The SMILES string of the molecule is COc1cc2ncnc(Nc3ccc(F)c(Cl)c3)c2cc1OC1CCN(C(=O)OCCN2CCCC2)CC1. The molecule has 2 saturated heterocycles. The van der Waals surface area contributed by atoms with Gasteiger partial charge in [0.05, 0.1) is 17.6 Å². The quantitative estimate of drug-likeness (QED) is 0.412. The van der Waals surface area contributed by atoms with Crippen LogP contribution < -0.4 is 14.8 Å². The molecular formula is C27H31ClFN5O4. The van der Waals surface area contributed by atoms with E-state index in [0.29, 0.717) is 66.4 Å². The van der Waals surface area contributed by atoms with Crippen molar-refractivity contribution in [2.45, 2.75) is 31.8 Å². The summed E-state index contributed by atoms with van der Waals surface area (Å²) in [6.45, 7) is 4.51. The summed E-state index contributed by atoms with van der Waals surface area (Å²) in [7, 11) is 1.58. The molecule has 38 heavy (non-hydrogen) atoms. The molecule has 1 N–H and O–H groups in total. The van der Waals surface area contributed by atoms with Gasteiger partial charge in [0.25, 0.3) is 0 Å². The summed E-state index contributed by atoms with van der Waals surface area (Å²) >= 11 is 5.93. The fourth-order valence-electron chi connectivity index (χ4n) is 4.82. The number of nitrogens with zero attached hydrogens (tertiary/aromatic N) is 4. The predicted octanol–water partition coefficient (Wildman–Crippen LogP) is 5.25. The van der Waals surface area contributed by atoms with Crippen LogP contribution in [0.4, 0.5) is 20.7 Å². The number of fused-ring (bicyclic) bond motifs is 1. The second kappa shape index (κ2) is 12.0. The summed E-state index contributed by atoms with van der Waals surface area (Å²) in [6, 6.07) is 8.00. The van der Waals surface area contributed by atoms with Crippen molar-refractivity contribution in [1.29, 1.82) is 0 Å². The Kier molecular flexibility index (Phi) is 8.29. The normalized spacial score (nSPS) is 16.6. The number of rotatable bonds is 8. The molecule has 2 fully saturated rings. The van der Waals surface area contributed by atoms with E-state index >= 15 is 0 Å². The molecule has 202 valence electrons. The van der Waals surface area contributed by atoms with Gasteiger partial charge in [0.2, 0.25) is 0 Å². The van der Waals surface area contributed by atoms with Crippen LogP contribution in [0.15, 0.2) is 36.7 Å². The van der Waals surface area contributed by atoms with E-state index in [1.165, 1.54) is 31.3 Å². The molecule has 0 radical (unpaired) electrons. The van der Waals surface area contributed by atoms with E-state index in [0.717, 1.165) is 19.6 Å². The predicted molar refractivity (Wildman–Crippen MR) is 143 cm³/mol. The number of amides is 1. The van der Waals surface area contributed by atoms with Crippen molar-refractivity contribution in [3.63, 3.8) is 0 Å². The second-order valence-electron chi connectivity index (χ2n) is 9.46. The van der Waals surface area contributed by atoms with Gasteiger partial charge in [0.15, 0.2) is 11.5 Å². The maximum absolute atomic E-state index is 13.6. The fourth-order valence-corrected chi connectivity index (χ4v) is 5.00. The topological polar surface area (TPSA) is 89.1 Å². The van der Waals surface area contributed by atoms with Gasteiger partial charge in [-0.2, -0.15) is 0 Å². The number of benzene rings is 2. The first-order valence-electron chi connectivity index (χ1n) is 12.9. The Morgan fingerprint density at radius 2 is 1.89 bits per heavy atom. The van der Waals surface area contributed by atoms with Crippen LogP contribution in [0.3, 0.4) is 0 Å². The van der Waals surface area contributed by atoms with Gasteiger partial charge in [-0.25, -0.2) is 19.2 Å². The van der Waals surface area contributed by atoms with E-state index < -0.39 is 5.82 Å². The highest BCUT2D eigenvalue weighted by atomic mass is 35.5. The third-order valence-electron chi connectivity index (χ3n) is 6.93. The molecule has 0 unspecified atom stereocenters. The van der Waals surface area contributed by atoms with Crippen LogP contribution in [0.5, 0.6) is 11.5 Å². The van der Waals surface area contributed by atoms with Crippen LogP contribution in [0, 0.1) is 5.82 Å². The van der Waals surface area contributed by atoms with E-state index in [2.05, 4.69) is 20.2 Å². The lowest BCUT2D eigenvalue weighted by atomic mass is 10.1. The van der Waals surface area contributed by atoms with E-state index in [1.54, 1.807) is 24.1 Å². The van der Waals surface area contributed by atoms with Crippen molar-refractivity contribution in [2.24, 2.45) is 0 Å². The van der Waals surface area contributed by atoms with Crippen LogP contribution in [-0.2, 0) is 4.74 Å². The van der Waals surface area contributed by atoms with Gasteiger partial charge in [0.1, 0.15) is 30.7 Å². The molecule has 0 bridgehead atoms. The molecule has 3 aromatic rings. The van der Waals surface area contributed by atoms with Crippen LogP contribution >= 0.6 is 11.6 Å². The molecule has 0 aliphatic carbocycles. The molecule has 2 aliphatic rings. The fraction of sp³-hybridized carbons (Fsp3) is 0.444. The maximum Gasteiger partial charge on any atom is 0.409 e. The van der Waals surface area contributed by atoms with Gasteiger partial charge >= 0.3 is 6.09 Å². The molecular weight excluding hydrogens is 513 g/mol. The highest BCUT2D eigenvalue weighted by Crippen LogP contribution is 2.36. The Morgan fingerprint density at radius 3 is 2.63 bits per heavy atom. The number of methoxy groups -OCH3 is 1. The van der Waals surface area contributed by atoms with Gasteiger partial charge in [-0.1, -0.05) is 11.6 Å². The van der Waals surface area contributed by atoms with Gasteiger partial charge in [-0.15, -0.1) is 0 Å². The van der Waals surface area contributed by atoms with Crippen molar-refractivity contribution in [2.75, 3.05) is 51.8 Å². The van der Waals surface area contributed by atoms with Crippen LogP contribution in [0.25, 0.3) is 10.9 Å². The number of carbonyl (C=O) groups excluding carboxylic acids is 1. The number of likely N-dealkylation sites (tertiary alicyclic amines) is 2. The molecule has 5 rings (SSSR count). The summed E-state index contributed by atoms with van der Waals surface area (Å²) in [6.07, 6.45) is 4.87. The maximum atomic E-state index is 13.6. The Bertz CT molecular complexity index is 1280. The van der Waals surface area contributed by atoms with Crippen molar-refractivity contribution in [1.82, 2.24) is 19.8 Å². The van der Waals surface area contributed by atoms with Gasteiger partial charge < -0.3 is 24.4 Å². The number of carbonyl (C=O) groups is 1. The Hall–Kier alpha value is -3.37. The minimum absolute atomic E-state index is 0.0147. The van der Waals surface area contributed by atoms with Crippen LogP contribution in [-0.4, -0.2) is 78.4 Å². The highest BCUT2D eigenvalue weighted by molar-refractivity contribution is 6.31. The number of nitrogens with one attached hydrogen (secondary N) is 1. The average molecular weight is 544 g/mol. The van der Waals surface area contributed by atoms with Gasteiger partial charge in [-0.3, -0.25) is 4.90 Å². The molecule has 0 spiro atoms. The molecule has 1 aromatic heterocycles. The van der Waals surface area contributed by atoms with E-state index in [4.69, 9.17) is 25.8 Å². The van der Waals surface area contributed by atoms with E-state index in [1.807, 2.05) is 6.07 Å². The lowest BCUT2D eigenvalue weighted by molar-refractivity contribution is 0.0625. The van der Waals surface area contributed by atoms with Crippen LogP contribution in [0.2, 0.25) is 5.02 Å². The van der Waals surface area contributed by atoms with Crippen molar-refractivity contribution in [3.05, 3.63) is 47.5 Å². The standard InChI is InChI=1S/C27H31ClFN5O4/c1-36-24-16-23-20(26(31-17-30-23)32-18-4-5-22(29)21(28)14-18)15-25(24)38-19-6-10-34(11-7-19)27(35)37-13-12-33-8-2-3-9-33/h4-5,14-17,19H,2-3,6-13H2,1H3,(H,30,31,32). The Labute approximate surface area is 225 Å². The molecule has 0 atom stereocenters. The molecule has 2 aromatic carbocycles. The molecule has 1 amide bonds. The summed E-state index contributed by atoms with van der Waals surface area (Å²) in [4.78, 5) is 25.3. The van der Waals surface area contributed by atoms with Crippen molar-refractivity contribution in [3.8, 4) is 11.5 Å². The Balaban J connectivity index is 1.23. The number of hydrogen-bond donors (Lipinski definition) is 1. The number of hydrogen-bond acceptors (Lipinski definition) is 8. The zero-order valence-corrected chi connectivity index (χ0v) is 22.0. The molecule has 9 nitrogen and oxygen atoms in total. The smallest absolute Gasteiger partial charge is 0.409 e. The third kappa shape index (κ3) is 6.19. The Morgan fingerprint density at radius 1 is 1.11 bits per heavy atom. The first kappa shape index (κ1) is 26.2. The molecule has 3 heterocycles. The number of ether oxygens (including phenoxy) is 3. The first-order valence-corrected chi connectivity index (χ1v) is 13.2. The number of piperidine rings is 1.